The fourth-order valence-electron chi connectivity index (χ4n) is 13.3. The standard InChI is InChI=1S/C26H37N3O2S.C26H39N3O2S.2C14H25NO2.U.V.W/c1-7-29(6)24(18(2)3)11-12-25-28-23(17-32-25)26(31)27-22(14-20(5)16-30)15-21-10-8-9-19(4)13-21;1-7-29(6)24(18(2)3)14-20(5)26-28-23(17-32-26)25(31)27-22(13-19(4)16-30)15-21-11-9-8-10-12-21;2*1-5-10(2)12(11(3)16)9-14(17)13-7-6-8-15(13)4;;;/h9-10,12-13,16-18,20,22,24H,7,11,14-15H2,1-6H3,(H,27,31);8-12,16-20,22,24H,7,13-15H2,1-6H3,(H,27,31);2*10,12-13H,5-9H2,1-4H3;;;/q-2;;;;;;/i9T;8T;;;;;. The van der Waals surface area contributed by atoms with Gasteiger partial charge >= 0.3 is 0 Å². The number of likely N-dealkylation sites (N-methyl/N-ethyl adjacent to an activating group) is 2. The van der Waals surface area contributed by atoms with Gasteiger partial charge in [0.25, 0.3) is 11.8 Å². The molecule has 563 valence electrons. The van der Waals surface area contributed by atoms with Crippen molar-refractivity contribution in [3.8, 4) is 0 Å². The number of nitrogens with one attached hydrogen (secondary N) is 2. The van der Waals surface area contributed by atoms with Crippen LogP contribution in [0.4, 0.5) is 0 Å². The Hall–Kier alpha value is -3.31. The van der Waals surface area contributed by atoms with Crippen LogP contribution in [0.15, 0.2) is 59.2 Å². The molecule has 2 amide bonds. The van der Waals surface area contributed by atoms with Crippen molar-refractivity contribution in [2.24, 2.45) is 47.3 Å². The van der Waals surface area contributed by atoms with Crippen LogP contribution in [0.2, 0.25) is 0 Å². The van der Waals surface area contributed by atoms with E-state index in [0.29, 0.717) is 97.8 Å². The van der Waals surface area contributed by atoms with E-state index in [-0.39, 0.29) is 159 Å². The van der Waals surface area contributed by atoms with E-state index in [1.807, 2.05) is 58.4 Å². The second-order valence-electron chi connectivity index (χ2n) is 29.0. The van der Waals surface area contributed by atoms with Crippen LogP contribution in [0.5, 0.6) is 0 Å². The molecule has 2 N–H and O–H groups in total. The number of likely N-dealkylation sites (tertiary alicyclic amines) is 2. The van der Waals surface area contributed by atoms with Gasteiger partial charge in [0.1, 0.15) is 35.5 Å². The van der Waals surface area contributed by atoms with Crippen molar-refractivity contribution in [1.29, 1.82) is 0 Å². The minimum Gasteiger partial charge on any atom is -0.349 e. The number of aldehydes is 2. The Morgan fingerprint density at radius 3 is 1.54 bits per heavy atom. The topological polar surface area (TPSA) is 199 Å². The number of rotatable bonds is 38. The fourth-order valence-corrected chi connectivity index (χ4v) is 14.9. The van der Waals surface area contributed by atoms with Crippen LogP contribution in [-0.2, 0) is 81.2 Å². The zero-order valence-electron chi connectivity index (χ0n) is 66.9. The first kappa shape index (κ1) is 93.8. The molecular formula is C80H126N8O8S2UVW-2. The quantitative estimate of drug-likeness (QED) is 0.0317. The van der Waals surface area contributed by atoms with Crippen LogP contribution in [0.25, 0.3) is 0 Å². The molecule has 2 saturated heterocycles. The molecule has 4 heterocycles. The van der Waals surface area contributed by atoms with E-state index in [0.717, 1.165) is 117 Å². The first-order valence-electron chi connectivity index (χ1n) is 37.4. The molecule has 21 heteroatoms. The van der Waals surface area contributed by atoms with E-state index in [2.05, 4.69) is 143 Å². The maximum Gasteiger partial charge on any atom is 0.270 e. The molecule has 0 saturated carbocycles. The van der Waals surface area contributed by atoms with Crippen molar-refractivity contribution in [1.82, 2.24) is 40.2 Å². The van der Waals surface area contributed by atoms with Gasteiger partial charge in [-0.3, -0.25) is 43.6 Å². The second kappa shape index (κ2) is 51.8. The van der Waals surface area contributed by atoms with Crippen LogP contribution in [-0.4, -0.2) is 168 Å². The van der Waals surface area contributed by atoms with Gasteiger partial charge in [-0.25, -0.2) is 4.98 Å². The minimum atomic E-state index is -0.224. The second-order valence-corrected chi connectivity index (χ2v) is 30.8. The molecule has 6 rings (SSSR count). The average Bonchev–Trinajstić information content (AvgIpc) is 1.87. The average molecular weight is 1870 g/mol. The molecule has 0 spiro atoms. The largest absolute Gasteiger partial charge is 0.349 e. The molecular weight excluding hydrogens is 1740 g/mol. The number of amides is 2. The fraction of sp³-hybridized carbons (Fsp3) is 0.662. The number of hydrogen-bond donors (Lipinski definition) is 2. The molecule has 2 aromatic heterocycles. The summed E-state index contributed by atoms with van der Waals surface area (Å²) in [5, 5.41) is 11.6. The molecule has 2 aromatic carbocycles. The number of aromatic nitrogens is 2. The van der Waals surface area contributed by atoms with Crippen molar-refractivity contribution >= 4 is 70.2 Å². The van der Waals surface area contributed by atoms with Crippen LogP contribution >= 0.6 is 22.7 Å². The van der Waals surface area contributed by atoms with Gasteiger partial charge in [0.05, 0.1) is 18.5 Å². The third-order valence-corrected chi connectivity index (χ3v) is 22.1. The van der Waals surface area contributed by atoms with E-state index in [1.54, 1.807) is 48.8 Å². The molecule has 101 heavy (non-hydrogen) atoms. The van der Waals surface area contributed by atoms with Crippen molar-refractivity contribution < 1.29 is 112 Å². The molecule has 2 aliphatic rings. The molecule has 2 aliphatic heterocycles. The third kappa shape index (κ3) is 34.9. The van der Waals surface area contributed by atoms with E-state index in [1.165, 1.54) is 11.3 Å². The molecule has 0 aliphatic carbocycles. The summed E-state index contributed by atoms with van der Waals surface area (Å²) in [6.45, 7) is 36.6. The number of nitrogens with zero attached hydrogens (tertiary/aromatic N) is 6. The van der Waals surface area contributed by atoms with Crippen molar-refractivity contribution in [2.75, 3.05) is 54.4 Å². The zero-order chi connectivity index (χ0) is 75.1. The Labute approximate surface area is 670 Å². The maximum atomic E-state index is 13.0. The van der Waals surface area contributed by atoms with Crippen molar-refractivity contribution in [3.05, 3.63) is 110 Å². The van der Waals surface area contributed by atoms with Crippen molar-refractivity contribution in [2.45, 2.75) is 243 Å². The Morgan fingerprint density at radius 2 is 1.14 bits per heavy atom. The summed E-state index contributed by atoms with van der Waals surface area (Å²) in [6.07, 6.45) is 15.0. The first-order chi connectivity index (χ1) is 47.2. The Kier molecular flexibility index (Phi) is 48.1. The normalized spacial score (nSPS) is 17.9. The van der Waals surface area contributed by atoms with E-state index >= 15 is 0 Å². The molecule has 0 bridgehead atoms. The van der Waals surface area contributed by atoms with Gasteiger partial charge in [0.2, 0.25) is 0 Å². The van der Waals surface area contributed by atoms with Crippen LogP contribution in [0.3, 0.4) is 0 Å². The van der Waals surface area contributed by atoms with Gasteiger partial charge in [-0.1, -0.05) is 147 Å². The molecule has 13 atom stereocenters. The molecule has 13 unspecified atom stereocenters. The number of hydrogen-bond acceptors (Lipinski definition) is 16. The van der Waals surface area contributed by atoms with Crippen LogP contribution < -0.4 is 10.6 Å². The summed E-state index contributed by atoms with van der Waals surface area (Å²) in [7, 11) is 8.30. The van der Waals surface area contributed by atoms with E-state index in [9.17, 15) is 38.4 Å². The summed E-state index contributed by atoms with van der Waals surface area (Å²) in [4.78, 5) is 114. The first-order valence-corrected chi connectivity index (χ1v) is 38.1. The van der Waals surface area contributed by atoms with Gasteiger partial charge in [0.15, 0.2) is 11.6 Å². The molecule has 1 radical (unpaired) electrons. The molecule has 2 fully saturated rings. The molecule has 16 nitrogen and oxygen atoms in total. The predicted octanol–water partition coefficient (Wildman–Crippen LogP) is 14.5. The number of carbonyl (C=O) groups is 8. The maximum absolute atomic E-state index is 13.0. The van der Waals surface area contributed by atoms with Crippen LogP contribution in [0, 0.1) is 97.9 Å². The SMILES string of the molecule is CCC(C)C(CC(=O)C1CCCN1C)C(C)=O.CCC(C)C(CC(=O)C1CCCN1C)C(C)=O.[3H]c1[c-]cc(CC(CC(C)C=O)NC(=O)c2csc([CH-]CC(C(C)C)N(C)CC)n2)cc1C.[3H]c1ccc(CC(CC(C)C=O)NC(=O)c2csc(C(C)CC(C(C)C)N(C)CC)n2)cc1.[U].[V].[W]. The summed E-state index contributed by atoms with van der Waals surface area (Å²) in [6, 6.07) is 15.4. The zero-order valence-corrected chi connectivity index (χ0v) is 75.0. The van der Waals surface area contributed by atoms with Crippen LogP contribution in [0.1, 0.15) is 237 Å². The predicted molar refractivity (Wildman–Crippen MR) is 403 cm³/mol. The summed E-state index contributed by atoms with van der Waals surface area (Å²) in [5.41, 5.74) is 3.70. The van der Waals surface area contributed by atoms with Gasteiger partial charge in [-0.05, 0) is 160 Å². The Balaban J connectivity index is 0.00000139. The van der Waals surface area contributed by atoms with E-state index in [4.69, 9.17) is 2.74 Å². The number of benzene rings is 2. The van der Waals surface area contributed by atoms with E-state index < -0.39 is 0 Å². The van der Waals surface area contributed by atoms with Gasteiger partial charge in [0, 0.05) is 143 Å². The number of aryl methyl sites for hydroxylation is 1. The Morgan fingerprint density at radius 1 is 0.693 bits per heavy atom. The number of thiazole rings is 2. The third-order valence-electron chi connectivity index (χ3n) is 20.2. The summed E-state index contributed by atoms with van der Waals surface area (Å²) >= 11 is 3.02. The minimum absolute atomic E-state index is 0. The summed E-state index contributed by atoms with van der Waals surface area (Å²) in [5.74, 6) is 1.89. The molecule has 4 aromatic rings. The van der Waals surface area contributed by atoms with Gasteiger partial charge in [-0.15, -0.1) is 17.8 Å². The number of carbonyl (C=O) groups excluding carboxylic acids is 8. The number of Topliss-reactive ketones (excluding diaryl/α,β-unsaturated/α-hetero) is 4. The number of ketones is 4. The van der Waals surface area contributed by atoms with Gasteiger partial charge in [-0.2, -0.15) is 46.7 Å². The van der Waals surface area contributed by atoms with Gasteiger partial charge < -0.3 is 36.4 Å². The van der Waals surface area contributed by atoms with Crippen molar-refractivity contribution in [3.63, 3.8) is 0 Å². The smallest absolute Gasteiger partial charge is 0.270 e. The monoisotopic (exact) mass is 1870 g/mol. The summed E-state index contributed by atoms with van der Waals surface area (Å²) < 4.78 is 15.5. The Bertz CT molecular complexity index is 3110.